The monoisotopic (exact) mass is 373 g/mol. The first-order valence-electron chi connectivity index (χ1n) is 10.1. The highest BCUT2D eigenvalue weighted by Gasteiger charge is 2.30. The van der Waals surface area contributed by atoms with Crippen molar-refractivity contribution >= 4 is 17.5 Å². The zero-order valence-electron chi connectivity index (χ0n) is 17.8. The molecule has 5 nitrogen and oxygen atoms in total. The molecule has 1 fully saturated rings. The lowest BCUT2D eigenvalue weighted by molar-refractivity contribution is -0.140. The quantitative estimate of drug-likeness (QED) is 0.828. The van der Waals surface area contributed by atoms with Crippen LogP contribution in [0.5, 0.6) is 0 Å². The topological polar surface area (TPSA) is 52.7 Å². The second-order valence-electron chi connectivity index (χ2n) is 8.00. The molecule has 0 aromatic heterocycles. The third kappa shape index (κ3) is 5.32. The Morgan fingerprint density at radius 2 is 1.85 bits per heavy atom. The van der Waals surface area contributed by atoms with Gasteiger partial charge in [-0.05, 0) is 71.6 Å². The average molecular weight is 374 g/mol. The van der Waals surface area contributed by atoms with Crippen LogP contribution in [0.4, 0.5) is 5.69 Å². The van der Waals surface area contributed by atoms with Crippen LogP contribution >= 0.6 is 0 Å². The van der Waals surface area contributed by atoms with E-state index < -0.39 is 0 Å². The number of amides is 2. The largest absolute Gasteiger partial charge is 0.338 e. The highest BCUT2D eigenvalue weighted by atomic mass is 16.2. The molecule has 0 radical (unpaired) electrons. The second-order valence-corrected chi connectivity index (χ2v) is 8.00. The van der Waals surface area contributed by atoms with E-state index in [9.17, 15) is 9.59 Å². The maximum absolute atomic E-state index is 12.9. The van der Waals surface area contributed by atoms with Crippen molar-refractivity contribution in [3.8, 4) is 0 Å². The van der Waals surface area contributed by atoms with Crippen molar-refractivity contribution in [2.75, 3.05) is 25.5 Å². The number of likely N-dealkylation sites (N-methyl/N-ethyl adjacent to an activating group) is 1. The molecule has 2 atom stereocenters. The van der Waals surface area contributed by atoms with Gasteiger partial charge in [0, 0.05) is 18.3 Å². The molecule has 2 amide bonds. The van der Waals surface area contributed by atoms with Crippen molar-refractivity contribution in [1.82, 2.24) is 9.80 Å². The molecule has 1 saturated heterocycles. The van der Waals surface area contributed by atoms with E-state index in [4.69, 9.17) is 0 Å². The van der Waals surface area contributed by atoms with Crippen LogP contribution in [0.25, 0.3) is 0 Å². The first kappa shape index (κ1) is 21.4. The Morgan fingerprint density at radius 1 is 1.22 bits per heavy atom. The standard InChI is InChI=1S/C22H35N3O2/c1-7-19-10-8-9-11-25(19)22(27)18(5)24(6)14-20(26)23-21-16(3)12-15(2)13-17(21)4/h12-13,18-19H,7-11,14H2,1-6H3,(H,23,26)/t18-,19-/m1/s1. The Bertz CT molecular complexity index is 663. The van der Waals surface area contributed by atoms with E-state index in [2.05, 4.69) is 31.3 Å². The molecule has 1 aromatic carbocycles. The lowest BCUT2D eigenvalue weighted by Gasteiger charge is -2.38. The van der Waals surface area contributed by atoms with Crippen molar-refractivity contribution in [2.45, 2.75) is 72.4 Å². The minimum Gasteiger partial charge on any atom is -0.338 e. The summed E-state index contributed by atoms with van der Waals surface area (Å²) in [5.74, 6) is 0.0532. The predicted molar refractivity (Wildman–Crippen MR) is 111 cm³/mol. The van der Waals surface area contributed by atoms with Crippen LogP contribution in [0, 0.1) is 20.8 Å². The maximum atomic E-state index is 12.9. The predicted octanol–water partition coefficient (Wildman–Crippen LogP) is 3.66. The summed E-state index contributed by atoms with van der Waals surface area (Å²) in [6.07, 6.45) is 4.36. The lowest BCUT2D eigenvalue weighted by Crippen LogP contribution is -2.52. The summed E-state index contributed by atoms with van der Waals surface area (Å²) in [7, 11) is 1.85. The number of anilines is 1. The lowest BCUT2D eigenvalue weighted by atomic mass is 9.99. The molecule has 1 N–H and O–H groups in total. The Hall–Kier alpha value is -1.88. The van der Waals surface area contributed by atoms with Gasteiger partial charge in [0.2, 0.25) is 11.8 Å². The Balaban J connectivity index is 1.98. The number of hydrogen-bond donors (Lipinski definition) is 1. The molecule has 27 heavy (non-hydrogen) atoms. The summed E-state index contributed by atoms with van der Waals surface area (Å²) in [4.78, 5) is 29.4. The third-order valence-electron chi connectivity index (χ3n) is 5.73. The maximum Gasteiger partial charge on any atom is 0.239 e. The van der Waals surface area contributed by atoms with Gasteiger partial charge in [-0.2, -0.15) is 0 Å². The van der Waals surface area contributed by atoms with E-state index in [1.165, 1.54) is 12.0 Å². The van der Waals surface area contributed by atoms with E-state index in [1.54, 1.807) is 0 Å². The van der Waals surface area contributed by atoms with Crippen LogP contribution in [0.15, 0.2) is 12.1 Å². The number of piperidine rings is 1. The van der Waals surface area contributed by atoms with Gasteiger partial charge in [-0.15, -0.1) is 0 Å². The fourth-order valence-corrected chi connectivity index (χ4v) is 4.06. The molecule has 1 aliphatic rings. The van der Waals surface area contributed by atoms with Crippen molar-refractivity contribution < 1.29 is 9.59 Å². The molecule has 150 valence electrons. The summed E-state index contributed by atoms with van der Waals surface area (Å²) >= 11 is 0. The molecule has 1 aromatic rings. The smallest absolute Gasteiger partial charge is 0.239 e. The van der Waals surface area contributed by atoms with Crippen molar-refractivity contribution in [2.24, 2.45) is 0 Å². The average Bonchev–Trinajstić information content (AvgIpc) is 2.63. The molecule has 0 unspecified atom stereocenters. The van der Waals surface area contributed by atoms with Crippen molar-refractivity contribution in [3.63, 3.8) is 0 Å². The number of carbonyl (C=O) groups excluding carboxylic acids is 2. The first-order valence-corrected chi connectivity index (χ1v) is 10.1. The van der Waals surface area contributed by atoms with Gasteiger partial charge in [0.25, 0.3) is 0 Å². The van der Waals surface area contributed by atoms with Gasteiger partial charge in [0.1, 0.15) is 0 Å². The van der Waals surface area contributed by atoms with Crippen LogP contribution < -0.4 is 5.32 Å². The highest BCUT2D eigenvalue weighted by Crippen LogP contribution is 2.23. The molecule has 1 aliphatic heterocycles. The van der Waals surface area contributed by atoms with E-state index in [1.807, 2.05) is 37.6 Å². The van der Waals surface area contributed by atoms with E-state index in [0.29, 0.717) is 6.04 Å². The number of rotatable bonds is 6. The summed E-state index contributed by atoms with van der Waals surface area (Å²) in [6, 6.07) is 4.18. The second kappa shape index (κ2) is 9.36. The van der Waals surface area contributed by atoms with Gasteiger partial charge in [0.15, 0.2) is 0 Å². The number of nitrogens with one attached hydrogen (secondary N) is 1. The number of aryl methyl sites for hydroxylation is 3. The van der Waals surface area contributed by atoms with Crippen LogP contribution in [0.1, 0.15) is 56.2 Å². The van der Waals surface area contributed by atoms with E-state index in [-0.39, 0.29) is 24.4 Å². The Labute approximate surface area is 164 Å². The van der Waals surface area contributed by atoms with Gasteiger partial charge in [-0.1, -0.05) is 24.6 Å². The molecule has 0 aliphatic carbocycles. The number of benzene rings is 1. The number of nitrogens with zero attached hydrogens (tertiary/aromatic N) is 2. The van der Waals surface area contributed by atoms with Crippen LogP contribution in [0.3, 0.4) is 0 Å². The Kier molecular flexibility index (Phi) is 7.42. The Morgan fingerprint density at radius 3 is 2.44 bits per heavy atom. The number of carbonyl (C=O) groups is 2. The first-order chi connectivity index (χ1) is 12.7. The molecular weight excluding hydrogens is 338 g/mol. The van der Waals surface area contributed by atoms with Gasteiger partial charge < -0.3 is 10.2 Å². The summed E-state index contributed by atoms with van der Waals surface area (Å²) in [5.41, 5.74) is 4.19. The minimum absolute atomic E-state index is 0.0853. The zero-order valence-corrected chi connectivity index (χ0v) is 17.8. The van der Waals surface area contributed by atoms with Gasteiger partial charge >= 0.3 is 0 Å². The van der Waals surface area contributed by atoms with Crippen LogP contribution in [-0.4, -0.2) is 53.8 Å². The van der Waals surface area contributed by atoms with Crippen LogP contribution in [-0.2, 0) is 9.59 Å². The normalized spacial score (nSPS) is 18.5. The molecule has 0 saturated carbocycles. The summed E-state index contributed by atoms with van der Waals surface area (Å²) in [5, 5.41) is 3.02. The van der Waals surface area contributed by atoms with Gasteiger partial charge in [-0.3, -0.25) is 14.5 Å². The minimum atomic E-state index is -0.303. The molecule has 1 heterocycles. The zero-order chi connectivity index (χ0) is 20.1. The van der Waals surface area contributed by atoms with Crippen molar-refractivity contribution in [1.29, 1.82) is 0 Å². The highest BCUT2D eigenvalue weighted by molar-refractivity contribution is 5.94. The fourth-order valence-electron chi connectivity index (χ4n) is 4.06. The third-order valence-corrected chi connectivity index (χ3v) is 5.73. The van der Waals surface area contributed by atoms with E-state index >= 15 is 0 Å². The SMILES string of the molecule is CC[C@@H]1CCCCN1C(=O)[C@@H](C)N(C)CC(=O)Nc1c(C)cc(C)cc1C. The van der Waals surface area contributed by atoms with Gasteiger partial charge in [0.05, 0.1) is 12.6 Å². The molecule has 0 bridgehead atoms. The number of hydrogen-bond acceptors (Lipinski definition) is 3. The number of likely N-dealkylation sites (tertiary alicyclic amines) is 1. The fraction of sp³-hybridized carbons (Fsp3) is 0.636. The van der Waals surface area contributed by atoms with E-state index in [0.717, 1.165) is 42.6 Å². The molecule has 0 spiro atoms. The van der Waals surface area contributed by atoms with Gasteiger partial charge in [-0.25, -0.2) is 0 Å². The van der Waals surface area contributed by atoms with Crippen LogP contribution in [0.2, 0.25) is 0 Å². The molecular formula is C22H35N3O2. The summed E-state index contributed by atoms with van der Waals surface area (Å²) < 4.78 is 0. The van der Waals surface area contributed by atoms with Crippen molar-refractivity contribution in [3.05, 3.63) is 28.8 Å². The molecule has 2 rings (SSSR count). The molecule has 5 heteroatoms. The summed E-state index contributed by atoms with van der Waals surface area (Å²) in [6.45, 7) is 11.1.